The molecule has 0 bridgehead atoms. The molecule has 0 saturated carbocycles. The van der Waals surface area contributed by atoms with Gasteiger partial charge in [0.25, 0.3) is 5.91 Å². The number of nitrogens with zero attached hydrogens (tertiary/aromatic N) is 1. The van der Waals surface area contributed by atoms with E-state index in [1.165, 1.54) is 29.1 Å². The lowest BCUT2D eigenvalue weighted by Crippen LogP contribution is -2.31. The largest absolute Gasteiger partial charge is 0.495 e. The van der Waals surface area contributed by atoms with E-state index in [-0.39, 0.29) is 22.1 Å². The van der Waals surface area contributed by atoms with Crippen LogP contribution < -0.4 is 10.1 Å². The van der Waals surface area contributed by atoms with Crippen molar-refractivity contribution in [3.63, 3.8) is 0 Å². The highest BCUT2D eigenvalue weighted by atomic mass is 32.2. The Morgan fingerprint density at radius 1 is 1.07 bits per heavy atom. The minimum atomic E-state index is -3.76. The summed E-state index contributed by atoms with van der Waals surface area (Å²) in [4.78, 5) is 12.6. The molecule has 1 amide bonds. The van der Waals surface area contributed by atoms with Crippen molar-refractivity contribution in [3.8, 4) is 5.75 Å². The predicted octanol–water partition coefficient (Wildman–Crippen LogP) is 4.10. The van der Waals surface area contributed by atoms with Crippen LogP contribution in [0.25, 0.3) is 0 Å². The van der Waals surface area contributed by atoms with Gasteiger partial charge in [0.15, 0.2) is 0 Å². The molecule has 0 radical (unpaired) electrons. The molecule has 0 aliphatic carbocycles. The van der Waals surface area contributed by atoms with E-state index >= 15 is 0 Å². The van der Waals surface area contributed by atoms with Gasteiger partial charge in [0, 0.05) is 24.3 Å². The molecule has 7 heteroatoms. The standard InChI is InChI=1S/C21H28N2O4S/c1-6-23(7-2)28(25,26)20-14-17(10-13-19(20)27-5)21(24)22-18-11-8-16(9-12-18)15(3)4/h8-15H,6-7H2,1-5H3,(H,22,24). The molecule has 1 N–H and O–H groups in total. The predicted molar refractivity (Wildman–Crippen MR) is 112 cm³/mol. The maximum Gasteiger partial charge on any atom is 0.255 e. The van der Waals surface area contributed by atoms with Crippen molar-refractivity contribution in [3.05, 3.63) is 53.6 Å². The Kier molecular flexibility index (Phi) is 7.21. The van der Waals surface area contributed by atoms with E-state index in [1.54, 1.807) is 19.9 Å². The van der Waals surface area contributed by atoms with Gasteiger partial charge in [0.2, 0.25) is 10.0 Å². The summed E-state index contributed by atoms with van der Waals surface area (Å²) in [5.41, 5.74) is 2.08. The lowest BCUT2D eigenvalue weighted by molar-refractivity contribution is 0.102. The molecule has 0 atom stereocenters. The van der Waals surface area contributed by atoms with Crippen LogP contribution >= 0.6 is 0 Å². The van der Waals surface area contributed by atoms with Gasteiger partial charge in [-0.15, -0.1) is 0 Å². The average molecular weight is 405 g/mol. The quantitative estimate of drug-likeness (QED) is 0.719. The summed E-state index contributed by atoms with van der Waals surface area (Å²) in [7, 11) is -2.35. The minimum absolute atomic E-state index is 0.0125. The molecule has 0 aliphatic heterocycles. The van der Waals surface area contributed by atoms with Crippen molar-refractivity contribution in [2.75, 3.05) is 25.5 Å². The molecule has 28 heavy (non-hydrogen) atoms. The SMILES string of the molecule is CCN(CC)S(=O)(=O)c1cc(C(=O)Nc2ccc(C(C)C)cc2)ccc1OC. The van der Waals surface area contributed by atoms with Crippen LogP contribution in [-0.4, -0.2) is 38.8 Å². The molecular formula is C21H28N2O4S. The van der Waals surface area contributed by atoms with Crippen LogP contribution in [0.4, 0.5) is 5.69 Å². The van der Waals surface area contributed by atoms with Gasteiger partial charge in [0.05, 0.1) is 7.11 Å². The monoisotopic (exact) mass is 404 g/mol. The summed E-state index contributed by atoms with van der Waals surface area (Å²) in [5.74, 6) is 0.236. The first-order chi connectivity index (χ1) is 13.2. The van der Waals surface area contributed by atoms with E-state index < -0.39 is 10.0 Å². The average Bonchev–Trinajstić information content (AvgIpc) is 2.68. The topological polar surface area (TPSA) is 75.7 Å². The van der Waals surface area contributed by atoms with Crippen molar-refractivity contribution in [1.29, 1.82) is 0 Å². The second-order valence-corrected chi connectivity index (χ2v) is 8.59. The number of ether oxygens (including phenoxy) is 1. The van der Waals surface area contributed by atoms with Crippen LogP contribution in [0.15, 0.2) is 47.4 Å². The zero-order valence-electron chi connectivity index (χ0n) is 17.0. The Morgan fingerprint density at radius 3 is 2.18 bits per heavy atom. The Morgan fingerprint density at radius 2 is 1.68 bits per heavy atom. The van der Waals surface area contributed by atoms with E-state index in [1.807, 2.05) is 24.3 Å². The molecule has 0 unspecified atom stereocenters. The Balaban J connectivity index is 2.35. The first-order valence-electron chi connectivity index (χ1n) is 9.34. The van der Waals surface area contributed by atoms with Crippen LogP contribution in [0.5, 0.6) is 5.75 Å². The molecule has 0 aromatic heterocycles. The number of methoxy groups -OCH3 is 1. The number of carbonyl (C=O) groups excluding carboxylic acids is 1. The summed E-state index contributed by atoms with van der Waals surface area (Å²) < 4.78 is 32.4. The normalized spacial score (nSPS) is 11.7. The molecule has 2 rings (SSSR count). The highest BCUT2D eigenvalue weighted by Gasteiger charge is 2.26. The third kappa shape index (κ3) is 4.72. The third-order valence-electron chi connectivity index (χ3n) is 4.58. The Hall–Kier alpha value is -2.38. The van der Waals surface area contributed by atoms with Gasteiger partial charge >= 0.3 is 0 Å². The van der Waals surface area contributed by atoms with Gasteiger partial charge < -0.3 is 10.1 Å². The molecule has 0 aliphatic rings. The number of benzene rings is 2. The smallest absolute Gasteiger partial charge is 0.255 e. The van der Waals surface area contributed by atoms with Crippen molar-refractivity contribution in [2.24, 2.45) is 0 Å². The van der Waals surface area contributed by atoms with Gasteiger partial charge in [-0.05, 0) is 41.8 Å². The lowest BCUT2D eigenvalue weighted by atomic mass is 10.0. The van der Waals surface area contributed by atoms with Gasteiger partial charge in [0.1, 0.15) is 10.6 Å². The molecule has 6 nitrogen and oxygen atoms in total. The molecule has 2 aromatic rings. The minimum Gasteiger partial charge on any atom is -0.495 e. The van der Waals surface area contributed by atoms with Crippen LogP contribution in [-0.2, 0) is 10.0 Å². The van der Waals surface area contributed by atoms with Crippen LogP contribution in [0, 0.1) is 0 Å². The second kappa shape index (κ2) is 9.21. The molecule has 0 fully saturated rings. The zero-order chi connectivity index (χ0) is 20.9. The zero-order valence-corrected chi connectivity index (χ0v) is 17.8. The van der Waals surface area contributed by atoms with Gasteiger partial charge in [-0.1, -0.05) is 39.8 Å². The fraction of sp³-hybridized carbons (Fsp3) is 0.381. The maximum atomic E-state index is 12.9. The third-order valence-corrected chi connectivity index (χ3v) is 6.66. The molecule has 2 aromatic carbocycles. The second-order valence-electron chi connectivity index (χ2n) is 6.69. The number of rotatable bonds is 8. The highest BCUT2D eigenvalue weighted by Crippen LogP contribution is 2.28. The Labute approximate surface area is 167 Å². The molecule has 0 heterocycles. The number of anilines is 1. The van der Waals surface area contributed by atoms with Crippen LogP contribution in [0.1, 0.15) is 49.5 Å². The van der Waals surface area contributed by atoms with Gasteiger partial charge in [-0.3, -0.25) is 4.79 Å². The summed E-state index contributed by atoms with van der Waals surface area (Å²) in [6.45, 7) is 8.41. The lowest BCUT2D eigenvalue weighted by Gasteiger charge is -2.20. The Bertz CT molecular complexity index is 918. The first-order valence-corrected chi connectivity index (χ1v) is 10.8. The number of hydrogen-bond acceptors (Lipinski definition) is 4. The van der Waals surface area contributed by atoms with Gasteiger partial charge in [-0.2, -0.15) is 4.31 Å². The van der Waals surface area contributed by atoms with E-state index in [0.717, 1.165) is 0 Å². The van der Waals surface area contributed by atoms with Crippen molar-refractivity contribution in [2.45, 2.75) is 38.5 Å². The number of carbonyl (C=O) groups is 1. The molecular weight excluding hydrogens is 376 g/mol. The molecule has 152 valence electrons. The van der Waals surface area contributed by atoms with Gasteiger partial charge in [-0.25, -0.2) is 8.42 Å². The van der Waals surface area contributed by atoms with Crippen molar-refractivity contribution >= 4 is 21.6 Å². The van der Waals surface area contributed by atoms with E-state index in [9.17, 15) is 13.2 Å². The van der Waals surface area contributed by atoms with Crippen molar-refractivity contribution in [1.82, 2.24) is 4.31 Å². The summed E-state index contributed by atoms with van der Waals surface area (Å²) in [5, 5.41) is 2.81. The van der Waals surface area contributed by atoms with E-state index in [2.05, 4.69) is 19.2 Å². The summed E-state index contributed by atoms with van der Waals surface area (Å²) in [6.07, 6.45) is 0. The van der Waals surface area contributed by atoms with E-state index in [0.29, 0.717) is 24.7 Å². The fourth-order valence-corrected chi connectivity index (χ4v) is 4.52. The summed E-state index contributed by atoms with van der Waals surface area (Å²) >= 11 is 0. The highest BCUT2D eigenvalue weighted by molar-refractivity contribution is 7.89. The molecule has 0 saturated heterocycles. The van der Waals surface area contributed by atoms with Crippen LogP contribution in [0.2, 0.25) is 0 Å². The van der Waals surface area contributed by atoms with E-state index in [4.69, 9.17) is 4.74 Å². The number of nitrogens with one attached hydrogen (secondary N) is 1. The maximum absolute atomic E-state index is 12.9. The number of amides is 1. The van der Waals surface area contributed by atoms with Crippen LogP contribution in [0.3, 0.4) is 0 Å². The number of sulfonamides is 1. The summed E-state index contributed by atoms with van der Waals surface area (Å²) in [6, 6.07) is 12.0. The fourth-order valence-electron chi connectivity index (χ4n) is 2.88. The number of hydrogen-bond donors (Lipinski definition) is 1. The first kappa shape index (κ1) is 21.9. The van der Waals surface area contributed by atoms with Crippen molar-refractivity contribution < 1.29 is 17.9 Å². The molecule has 0 spiro atoms.